The molecule has 0 spiro atoms. The second-order valence-corrected chi connectivity index (χ2v) is 10.9. The van der Waals surface area contributed by atoms with Crippen LogP contribution >= 0.6 is 0 Å². The highest BCUT2D eigenvalue weighted by Gasteiger charge is 2.43. The van der Waals surface area contributed by atoms with E-state index >= 15 is 0 Å². The molecule has 0 heterocycles. The average molecular weight is 440 g/mol. The molecule has 3 N–H and O–H groups in total. The van der Waals surface area contributed by atoms with Crippen molar-refractivity contribution in [2.75, 3.05) is 0 Å². The molecule has 1 fully saturated rings. The van der Waals surface area contributed by atoms with Gasteiger partial charge in [0.25, 0.3) is 0 Å². The molecule has 1 amide bonds. The highest BCUT2D eigenvalue weighted by atomic mass is 16.3. The van der Waals surface area contributed by atoms with Crippen LogP contribution in [0.25, 0.3) is 0 Å². The number of rotatable bonds is 9. The number of unbranched alkanes of at least 4 members (excludes halogenated alkanes) is 1. The van der Waals surface area contributed by atoms with E-state index in [9.17, 15) is 15.0 Å². The standard InChI is InChI=1S/C28H41NO3/c1-19-8-7-10-20(14-19)16-23(30)12-13-24-25-17-21(15-22(25)18-26(24)31)9-5-6-11-27(32)29-28(2,3)4/h7-8,10,12-15,22-26,30-31H,5-6,9,11,16-18H2,1-4H3,(H,29,32)/t22-,23+,24+,25-,26+/m0/s1. The molecular formula is C28H41NO3. The van der Waals surface area contributed by atoms with Gasteiger partial charge in [0, 0.05) is 24.3 Å². The van der Waals surface area contributed by atoms with Crippen molar-refractivity contribution in [3.63, 3.8) is 0 Å². The molecule has 176 valence electrons. The highest BCUT2D eigenvalue weighted by molar-refractivity contribution is 5.76. The smallest absolute Gasteiger partial charge is 0.220 e. The summed E-state index contributed by atoms with van der Waals surface area (Å²) < 4.78 is 0. The van der Waals surface area contributed by atoms with Crippen LogP contribution in [0.1, 0.15) is 70.4 Å². The van der Waals surface area contributed by atoms with Gasteiger partial charge in [0.05, 0.1) is 12.2 Å². The second-order valence-electron chi connectivity index (χ2n) is 10.9. The van der Waals surface area contributed by atoms with Gasteiger partial charge in [-0.2, -0.15) is 0 Å². The summed E-state index contributed by atoms with van der Waals surface area (Å²) in [6, 6.07) is 8.24. The first kappa shape index (κ1) is 24.7. The largest absolute Gasteiger partial charge is 0.392 e. The lowest BCUT2D eigenvalue weighted by Gasteiger charge is -2.20. The molecule has 1 aromatic carbocycles. The van der Waals surface area contributed by atoms with Crippen molar-refractivity contribution in [2.24, 2.45) is 17.8 Å². The number of aliphatic hydroxyl groups excluding tert-OH is 2. The molecule has 0 unspecified atom stereocenters. The first-order valence-corrected chi connectivity index (χ1v) is 12.2. The van der Waals surface area contributed by atoms with Crippen molar-refractivity contribution in [1.29, 1.82) is 0 Å². The number of allylic oxidation sites excluding steroid dienone is 2. The Morgan fingerprint density at radius 1 is 1.28 bits per heavy atom. The van der Waals surface area contributed by atoms with Gasteiger partial charge < -0.3 is 15.5 Å². The summed E-state index contributed by atoms with van der Waals surface area (Å²) in [5.74, 6) is 1.12. The highest BCUT2D eigenvalue weighted by Crippen LogP contribution is 2.48. The lowest BCUT2D eigenvalue weighted by Crippen LogP contribution is -2.40. The number of carbonyl (C=O) groups excluding carboxylic acids is 1. The van der Waals surface area contributed by atoms with Crippen LogP contribution in [0.15, 0.2) is 48.1 Å². The zero-order valence-electron chi connectivity index (χ0n) is 20.2. The van der Waals surface area contributed by atoms with Gasteiger partial charge in [-0.25, -0.2) is 0 Å². The molecule has 32 heavy (non-hydrogen) atoms. The third-order valence-electron chi connectivity index (χ3n) is 6.70. The number of hydrogen-bond acceptors (Lipinski definition) is 3. The summed E-state index contributed by atoms with van der Waals surface area (Å²) in [7, 11) is 0. The fourth-order valence-electron chi connectivity index (χ4n) is 5.31. The Labute approximate surface area is 193 Å². The summed E-state index contributed by atoms with van der Waals surface area (Å²) in [6.07, 6.45) is 11.5. The Bertz CT molecular complexity index is 835. The minimum absolute atomic E-state index is 0.110. The van der Waals surface area contributed by atoms with Gasteiger partial charge in [0.2, 0.25) is 5.91 Å². The van der Waals surface area contributed by atoms with Crippen molar-refractivity contribution in [1.82, 2.24) is 5.32 Å². The molecule has 0 saturated heterocycles. The van der Waals surface area contributed by atoms with E-state index in [1.807, 2.05) is 39.0 Å². The van der Waals surface area contributed by atoms with Gasteiger partial charge in [-0.15, -0.1) is 0 Å². The normalized spacial score (nSPS) is 26.2. The molecule has 2 aliphatic carbocycles. The third kappa shape index (κ3) is 7.31. The maximum Gasteiger partial charge on any atom is 0.220 e. The predicted octanol–water partition coefficient (Wildman–Crippen LogP) is 4.87. The van der Waals surface area contributed by atoms with Crippen molar-refractivity contribution in [3.8, 4) is 0 Å². The molecule has 2 aliphatic rings. The topological polar surface area (TPSA) is 69.6 Å². The molecule has 0 aliphatic heterocycles. The van der Waals surface area contributed by atoms with Gasteiger partial charge in [-0.05, 0) is 77.2 Å². The molecule has 0 bridgehead atoms. The zero-order chi connectivity index (χ0) is 23.3. The Hall–Kier alpha value is -1.91. The maximum absolute atomic E-state index is 12.0. The summed E-state index contributed by atoms with van der Waals surface area (Å²) in [6.45, 7) is 8.09. The van der Waals surface area contributed by atoms with E-state index in [0.29, 0.717) is 24.7 Å². The number of fused-ring (bicyclic) bond motifs is 1. The Morgan fingerprint density at radius 2 is 2.06 bits per heavy atom. The van der Waals surface area contributed by atoms with Gasteiger partial charge in [-0.3, -0.25) is 4.79 Å². The van der Waals surface area contributed by atoms with Crippen molar-refractivity contribution < 1.29 is 15.0 Å². The molecule has 1 saturated carbocycles. The fraction of sp³-hybridized carbons (Fsp3) is 0.607. The van der Waals surface area contributed by atoms with Crippen LogP contribution < -0.4 is 5.32 Å². The average Bonchev–Trinajstić information content (AvgIpc) is 3.18. The van der Waals surface area contributed by atoms with Crippen LogP contribution in [-0.2, 0) is 11.2 Å². The number of nitrogens with one attached hydrogen (secondary N) is 1. The Morgan fingerprint density at radius 3 is 2.78 bits per heavy atom. The fourth-order valence-corrected chi connectivity index (χ4v) is 5.31. The molecule has 0 aromatic heterocycles. The minimum Gasteiger partial charge on any atom is -0.392 e. The van der Waals surface area contributed by atoms with Crippen molar-refractivity contribution >= 4 is 5.91 Å². The number of amides is 1. The Kier molecular flexibility index (Phi) is 8.35. The lowest BCUT2D eigenvalue weighted by molar-refractivity contribution is -0.122. The number of hydrogen-bond donors (Lipinski definition) is 3. The van der Waals surface area contributed by atoms with E-state index in [-0.39, 0.29) is 23.5 Å². The number of aryl methyl sites for hydroxylation is 1. The van der Waals surface area contributed by atoms with Gasteiger partial charge in [0.1, 0.15) is 0 Å². The van der Waals surface area contributed by atoms with E-state index in [2.05, 4.69) is 36.5 Å². The first-order valence-electron chi connectivity index (χ1n) is 12.2. The van der Waals surface area contributed by atoms with E-state index in [1.165, 1.54) is 11.1 Å². The van der Waals surface area contributed by atoms with Crippen LogP contribution in [0.3, 0.4) is 0 Å². The van der Waals surface area contributed by atoms with Crippen molar-refractivity contribution in [3.05, 3.63) is 59.2 Å². The zero-order valence-corrected chi connectivity index (χ0v) is 20.2. The van der Waals surface area contributed by atoms with Crippen LogP contribution in [0.5, 0.6) is 0 Å². The van der Waals surface area contributed by atoms with Crippen LogP contribution in [0.2, 0.25) is 0 Å². The molecule has 3 rings (SSSR count). The van der Waals surface area contributed by atoms with Gasteiger partial charge in [0.15, 0.2) is 0 Å². The SMILES string of the molecule is Cc1cccc(C[C@H](O)C=C[C@@H]2[C@H]3CC(CCCCC(=O)NC(C)(C)C)=C[C@H]3C[C@H]2O)c1. The second kappa shape index (κ2) is 10.8. The van der Waals surface area contributed by atoms with Gasteiger partial charge >= 0.3 is 0 Å². The third-order valence-corrected chi connectivity index (χ3v) is 6.70. The number of aliphatic hydroxyl groups is 2. The van der Waals surface area contributed by atoms with E-state index in [0.717, 1.165) is 37.7 Å². The first-order chi connectivity index (χ1) is 15.1. The van der Waals surface area contributed by atoms with Gasteiger partial charge in [-0.1, -0.05) is 53.6 Å². The maximum atomic E-state index is 12.0. The molecule has 1 aromatic rings. The number of benzene rings is 1. The van der Waals surface area contributed by atoms with Crippen LogP contribution in [0.4, 0.5) is 0 Å². The lowest BCUT2D eigenvalue weighted by atomic mass is 9.88. The molecule has 4 nitrogen and oxygen atoms in total. The summed E-state index contributed by atoms with van der Waals surface area (Å²) in [4.78, 5) is 12.0. The molecule has 4 heteroatoms. The molecule has 5 atom stereocenters. The quantitative estimate of drug-likeness (QED) is 0.380. The minimum atomic E-state index is -0.531. The van der Waals surface area contributed by atoms with Crippen LogP contribution in [0, 0.1) is 24.7 Å². The predicted molar refractivity (Wildman–Crippen MR) is 130 cm³/mol. The molecule has 0 radical (unpaired) electrons. The van der Waals surface area contributed by atoms with E-state index in [4.69, 9.17) is 0 Å². The van der Waals surface area contributed by atoms with Crippen LogP contribution in [-0.4, -0.2) is 33.9 Å². The Balaban J connectivity index is 1.44. The molecular weight excluding hydrogens is 398 g/mol. The summed E-state index contributed by atoms with van der Waals surface area (Å²) in [5, 5.41) is 24.1. The van der Waals surface area contributed by atoms with Crippen molar-refractivity contribution in [2.45, 2.75) is 90.4 Å². The summed E-state index contributed by atoms with van der Waals surface area (Å²) >= 11 is 0. The van der Waals surface area contributed by atoms with E-state index in [1.54, 1.807) is 0 Å². The monoisotopic (exact) mass is 439 g/mol. The summed E-state index contributed by atoms with van der Waals surface area (Å²) in [5.41, 5.74) is 3.64. The van der Waals surface area contributed by atoms with E-state index < -0.39 is 6.10 Å². The number of carbonyl (C=O) groups is 1.